The molecule has 1 N–H and O–H groups in total. The molecule has 0 saturated heterocycles. The van der Waals surface area contributed by atoms with Gasteiger partial charge in [-0.1, -0.05) is 34.1 Å². The number of anilines is 1. The number of hydrogen-bond acceptors (Lipinski definition) is 4. The summed E-state index contributed by atoms with van der Waals surface area (Å²) >= 11 is 4.63. The smallest absolute Gasteiger partial charge is 0.271 e. The first-order chi connectivity index (χ1) is 13.9. The predicted octanol–water partition coefficient (Wildman–Crippen LogP) is 5.12. The van der Waals surface area contributed by atoms with Gasteiger partial charge in [0.1, 0.15) is 4.21 Å². The molecule has 3 aromatic rings. The van der Waals surface area contributed by atoms with Gasteiger partial charge < -0.3 is 4.90 Å². The lowest BCUT2D eigenvalue weighted by Gasteiger charge is -2.23. The lowest BCUT2D eigenvalue weighted by molar-refractivity contribution is 0.0730. The SMILES string of the molecule is O=C(c1ccc(NS(=O)(=O)c2cccs2)cc1)N(Cc1cccc(Br)c1)C1CC1. The van der Waals surface area contributed by atoms with E-state index in [1.807, 2.05) is 29.2 Å². The van der Waals surface area contributed by atoms with E-state index in [0.717, 1.165) is 34.2 Å². The van der Waals surface area contributed by atoms with Gasteiger partial charge in [-0.2, -0.15) is 0 Å². The van der Waals surface area contributed by atoms with E-state index in [0.29, 0.717) is 17.8 Å². The molecule has 1 amide bonds. The van der Waals surface area contributed by atoms with E-state index in [1.165, 1.54) is 0 Å². The van der Waals surface area contributed by atoms with Gasteiger partial charge in [0, 0.05) is 28.3 Å². The topological polar surface area (TPSA) is 66.5 Å². The molecule has 0 spiro atoms. The van der Waals surface area contributed by atoms with Crippen molar-refractivity contribution in [2.75, 3.05) is 4.72 Å². The second kappa shape index (κ2) is 8.30. The number of benzene rings is 2. The van der Waals surface area contributed by atoms with Crippen LogP contribution in [-0.2, 0) is 16.6 Å². The number of amides is 1. The van der Waals surface area contributed by atoms with Crippen molar-refractivity contribution in [3.8, 4) is 0 Å². The number of nitrogens with zero attached hydrogens (tertiary/aromatic N) is 1. The van der Waals surface area contributed by atoms with Gasteiger partial charge in [-0.3, -0.25) is 9.52 Å². The van der Waals surface area contributed by atoms with Crippen molar-refractivity contribution in [2.45, 2.75) is 29.6 Å². The van der Waals surface area contributed by atoms with Crippen molar-refractivity contribution in [2.24, 2.45) is 0 Å². The molecule has 1 aliphatic carbocycles. The summed E-state index contributed by atoms with van der Waals surface area (Å²) in [7, 11) is -3.60. The highest BCUT2D eigenvalue weighted by Gasteiger charge is 2.33. The molecule has 1 aliphatic rings. The van der Waals surface area contributed by atoms with Crippen molar-refractivity contribution < 1.29 is 13.2 Å². The number of carbonyl (C=O) groups excluding carboxylic acids is 1. The van der Waals surface area contributed by atoms with Crippen LogP contribution in [0.15, 0.2) is 74.7 Å². The number of thiophene rings is 1. The van der Waals surface area contributed by atoms with Crippen LogP contribution < -0.4 is 4.72 Å². The third-order valence-corrected chi connectivity index (χ3v) is 7.91. The molecule has 1 heterocycles. The Hall–Kier alpha value is -2.16. The van der Waals surface area contributed by atoms with Crippen LogP contribution in [0.4, 0.5) is 5.69 Å². The number of nitrogens with one attached hydrogen (secondary N) is 1. The summed E-state index contributed by atoms with van der Waals surface area (Å²) in [5, 5.41) is 1.72. The highest BCUT2D eigenvalue weighted by molar-refractivity contribution is 9.10. The highest BCUT2D eigenvalue weighted by Crippen LogP contribution is 2.30. The summed E-state index contributed by atoms with van der Waals surface area (Å²) in [5.74, 6) is -0.0415. The molecule has 150 valence electrons. The van der Waals surface area contributed by atoms with E-state index in [-0.39, 0.29) is 16.2 Å². The fourth-order valence-electron chi connectivity index (χ4n) is 3.05. The van der Waals surface area contributed by atoms with Gasteiger partial charge in [-0.15, -0.1) is 11.3 Å². The molecule has 5 nitrogen and oxygen atoms in total. The number of sulfonamides is 1. The molecule has 29 heavy (non-hydrogen) atoms. The Morgan fingerprint density at radius 2 is 1.86 bits per heavy atom. The van der Waals surface area contributed by atoms with Crippen molar-refractivity contribution in [3.63, 3.8) is 0 Å². The number of halogens is 1. The van der Waals surface area contributed by atoms with Crippen molar-refractivity contribution in [1.82, 2.24) is 4.90 Å². The molecule has 1 aromatic heterocycles. The third kappa shape index (κ3) is 4.88. The minimum Gasteiger partial charge on any atom is -0.331 e. The molecule has 1 fully saturated rings. The maximum Gasteiger partial charge on any atom is 0.271 e. The van der Waals surface area contributed by atoms with E-state index < -0.39 is 10.0 Å². The summed E-state index contributed by atoms with van der Waals surface area (Å²) in [6.07, 6.45) is 2.02. The van der Waals surface area contributed by atoms with Gasteiger partial charge in [0.2, 0.25) is 0 Å². The van der Waals surface area contributed by atoms with Gasteiger partial charge in [-0.05, 0) is 66.2 Å². The van der Waals surface area contributed by atoms with Crippen molar-refractivity contribution in [3.05, 3.63) is 81.6 Å². The maximum atomic E-state index is 13.1. The van der Waals surface area contributed by atoms with Crippen LogP contribution in [0.25, 0.3) is 0 Å². The quantitative estimate of drug-likeness (QED) is 0.499. The van der Waals surface area contributed by atoms with Crippen LogP contribution in [0.2, 0.25) is 0 Å². The zero-order valence-electron chi connectivity index (χ0n) is 15.4. The Bertz CT molecular complexity index is 1110. The molecule has 2 aromatic carbocycles. The third-order valence-electron chi connectivity index (χ3n) is 4.63. The minimum atomic E-state index is -3.60. The normalized spacial score (nSPS) is 13.8. The molecule has 0 radical (unpaired) electrons. The Labute approximate surface area is 182 Å². The summed E-state index contributed by atoms with van der Waals surface area (Å²) in [4.78, 5) is 15.0. The van der Waals surface area contributed by atoms with Gasteiger partial charge >= 0.3 is 0 Å². The molecule has 0 atom stereocenters. The molecule has 0 aliphatic heterocycles. The molecule has 8 heteroatoms. The first kappa shape index (κ1) is 20.1. The van der Waals surface area contributed by atoms with Crippen molar-refractivity contribution in [1.29, 1.82) is 0 Å². The number of rotatable bonds is 7. The van der Waals surface area contributed by atoms with Gasteiger partial charge in [-0.25, -0.2) is 8.42 Å². The number of hydrogen-bond donors (Lipinski definition) is 1. The molecule has 4 rings (SSSR count). The average molecular weight is 491 g/mol. The van der Waals surface area contributed by atoms with Gasteiger partial charge in [0.05, 0.1) is 0 Å². The minimum absolute atomic E-state index is 0.0415. The summed E-state index contributed by atoms with van der Waals surface area (Å²) < 4.78 is 28.5. The van der Waals surface area contributed by atoms with E-state index >= 15 is 0 Å². The van der Waals surface area contributed by atoms with Crippen LogP contribution in [0.3, 0.4) is 0 Å². The highest BCUT2D eigenvalue weighted by atomic mass is 79.9. The Kier molecular flexibility index (Phi) is 5.76. The van der Waals surface area contributed by atoms with Crippen molar-refractivity contribution >= 4 is 48.9 Å². The van der Waals surface area contributed by atoms with Crippen LogP contribution >= 0.6 is 27.3 Å². The zero-order valence-corrected chi connectivity index (χ0v) is 18.6. The lowest BCUT2D eigenvalue weighted by atomic mass is 10.1. The maximum absolute atomic E-state index is 13.1. The van der Waals surface area contributed by atoms with Gasteiger partial charge in [0.15, 0.2) is 0 Å². The standard InChI is InChI=1S/C21H19BrN2O3S2/c22-17-4-1-3-15(13-17)14-24(19-10-11-19)21(25)16-6-8-18(9-7-16)23-29(26,27)20-5-2-12-28-20/h1-9,12-13,19,23H,10-11,14H2. The Morgan fingerprint density at radius 1 is 1.10 bits per heavy atom. The average Bonchev–Trinajstić information content (AvgIpc) is 3.37. The van der Waals surface area contributed by atoms with Crippen LogP contribution in [0, 0.1) is 0 Å². The summed E-state index contributed by atoms with van der Waals surface area (Å²) in [6.45, 7) is 0.551. The molecular weight excluding hydrogens is 472 g/mol. The van der Waals surface area contributed by atoms with E-state index in [2.05, 4.69) is 20.7 Å². The lowest BCUT2D eigenvalue weighted by Crippen LogP contribution is -2.32. The summed E-state index contributed by atoms with van der Waals surface area (Å²) in [5.41, 5.74) is 2.05. The monoisotopic (exact) mass is 490 g/mol. The Morgan fingerprint density at radius 3 is 2.48 bits per heavy atom. The zero-order chi connectivity index (χ0) is 20.4. The second-order valence-corrected chi connectivity index (χ2v) is 10.7. The largest absolute Gasteiger partial charge is 0.331 e. The van der Waals surface area contributed by atoms with E-state index in [4.69, 9.17) is 0 Å². The second-order valence-electron chi connectivity index (χ2n) is 6.91. The molecular formula is C21H19BrN2O3S2. The van der Waals surface area contributed by atoms with Crippen LogP contribution in [0.1, 0.15) is 28.8 Å². The molecule has 0 bridgehead atoms. The molecule has 1 saturated carbocycles. The van der Waals surface area contributed by atoms with Crippen LogP contribution in [-0.4, -0.2) is 25.3 Å². The fourth-order valence-corrected chi connectivity index (χ4v) is 5.55. The van der Waals surface area contributed by atoms with Crippen LogP contribution in [0.5, 0.6) is 0 Å². The summed E-state index contributed by atoms with van der Waals surface area (Å²) in [6, 6.07) is 18.1. The van der Waals surface area contributed by atoms with E-state index in [9.17, 15) is 13.2 Å². The van der Waals surface area contributed by atoms with Gasteiger partial charge in [0.25, 0.3) is 15.9 Å². The first-order valence-electron chi connectivity index (χ1n) is 9.14. The Balaban J connectivity index is 1.49. The first-order valence-corrected chi connectivity index (χ1v) is 12.3. The predicted molar refractivity (Wildman–Crippen MR) is 119 cm³/mol. The number of carbonyl (C=O) groups is 1. The van der Waals surface area contributed by atoms with E-state index in [1.54, 1.807) is 41.8 Å². The molecule has 0 unspecified atom stereocenters. The fraction of sp³-hybridized carbons (Fsp3) is 0.190.